The molecule has 2 rings (SSSR count). The number of hydrogen-bond acceptors (Lipinski definition) is 2. The van der Waals surface area contributed by atoms with Crippen LogP contribution in [0.4, 0.5) is 0 Å². The van der Waals surface area contributed by atoms with Crippen molar-refractivity contribution in [3.8, 4) is 11.5 Å². The molecule has 94 valence electrons. The Labute approximate surface area is 111 Å². The van der Waals surface area contributed by atoms with E-state index in [0.29, 0.717) is 0 Å². The fourth-order valence-electron chi connectivity index (χ4n) is 2.09. The molecule has 3 heteroatoms. The summed E-state index contributed by atoms with van der Waals surface area (Å²) in [4.78, 5) is 4.91. The van der Waals surface area contributed by atoms with Gasteiger partial charge in [-0.2, -0.15) is 0 Å². The molecule has 17 heavy (non-hydrogen) atoms. The van der Waals surface area contributed by atoms with Gasteiger partial charge in [0.15, 0.2) is 0 Å². The minimum absolute atomic E-state index is 0.846. The molecular formula is C14H22O2Sn. The van der Waals surface area contributed by atoms with Crippen molar-refractivity contribution in [2.45, 2.75) is 33.6 Å². The third-order valence-corrected chi connectivity index (χ3v) is 7.54. The standard InChI is InChI=1S/C12H15O2.2CH3.Sn.H/c1-2-7-13-11-6-5-10-4-3-8-14-12(10)9-11;;;;/h5-6,9H,1-4,7-8H2;2*1H3;;. The minimum atomic E-state index is -1.02. The molecule has 2 nitrogen and oxygen atoms in total. The van der Waals surface area contributed by atoms with Gasteiger partial charge in [-0.3, -0.25) is 0 Å². The number of fused-ring (bicyclic) bond motifs is 1. The summed E-state index contributed by atoms with van der Waals surface area (Å²) >= 11 is -1.02. The van der Waals surface area contributed by atoms with Crippen molar-refractivity contribution in [1.82, 2.24) is 0 Å². The molecule has 1 aromatic carbocycles. The van der Waals surface area contributed by atoms with Crippen molar-refractivity contribution >= 4 is 19.8 Å². The molecule has 0 spiro atoms. The van der Waals surface area contributed by atoms with E-state index in [2.05, 4.69) is 22.0 Å². The third-order valence-electron chi connectivity index (χ3n) is 3.08. The van der Waals surface area contributed by atoms with E-state index in [9.17, 15) is 0 Å². The molecule has 0 aromatic heterocycles. The van der Waals surface area contributed by atoms with Crippen LogP contribution in [0.15, 0.2) is 18.2 Å². The Hall–Kier alpha value is -0.381. The molecule has 0 bridgehead atoms. The van der Waals surface area contributed by atoms with E-state index in [4.69, 9.17) is 9.47 Å². The predicted molar refractivity (Wildman–Crippen MR) is 74.1 cm³/mol. The maximum atomic E-state index is 5.78. The van der Waals surface area contributed by atoms with Crippen LogP contribution in [-0.4, -0.2) is 33.0 Å². The number of hydrogen-bond donors (Lipinski definition) is 0. The zero-order valence-electron chi connectivity index (χ0n) is 10.9. The molecule has 1 heterocycles. The van der Waals surface area contributed by atoms with Gasteiger partial charge in [0, 0.05) is 0 Å². The monoisotopic (exact) mass is 342 g/mol. The van der Waals surface area contributed by atoms with Crippen LogP contribution in [-0.2, 0) is 6.42 Å². The summed E-state index contributed by atoms with van der Waals surface area (Å²) in [5.41, 5.74) is 1.32. The molecule has 1 aliphatic rings. The first-order valence-electron chi connectivity index (χ1n) is 6.64. The number of aryl methyl sites for hydroxylation is 1. The van der Waals surface area contributed by atoms with Crippen LogP contribution in [0.25, 0.3) is 0 Å². The summed E-state index contributed by atoms with van der Waals surface area (Å²) in [5, 5.41) is 0. The van der Waals surface area contributed by atoms with Gasteiger partial charge < -0.3 is 0 Å². The molecule has 0 amide bonds. The molecule has 0 radical (unpaired) electrons. The number of benzene rings is 1. The van der Waals surface area contributed by atoms with E-state index in [1.807, 2.05) is 6.07 Å². The van der Waals surface area contributed by atoms with Crippen LogP contribution in [0.2, 0.25) is 14.3 Å². The van der Waals surface area contributed by atoms with E-state index in [-0.39, 0.29) is 0 Å². The van der Waals surface area contributed by atoms with Gasteiger partial charge in [0.1, 0.15) is 0 Å². The van der Waals surface area contributed by atoms with Gasteiger partial charge in [0.2, 0.25) is 0 Å². The Balaban J connectivity index is 1.85. The summed E-state index contributed by atoms with van der Waals surface area (Å²) < 4.78 is 12.8. The summed E-state index contributed by atoms with van der Waals surface area (Å²) in [6, 6.07) is 6.27. The van der Waals surface area contributed by atoms with Gasteiger partial charge in [0.25, 0.3) is 0 Å². The van der Waals surface area contributed by atoms with Crippen molar-refractivity contribution in [3.63, 3.8) is 0 Å². The molecule has 0 atom stereocenters. The summed E-state index contributed by atoms with van der Waals surface area (Å²) in [7, 11) is 0. The van der Waals surface area contributed by atoms with Crippen LogP contribution in [0.1, 0.15) is 18.4 Å². The van der Waals surface area contributed by atoms with Crippen LogP contribution >= 0.6 is 0 Å². The first-order chi connectivity index (χ1) is 8.25. The van der Waals surface area contributed by atoms with Crippen molar-refractivity contribution < 1.29 is 9.47 Å². The van der Waals surface area contributed by atoms with Gasteiger partial charge in [-0.1, -0.05) is 0 Å². The van der Waals surface area contributed by atoms with Crippen molar-refractivity contribution in [1.29, 1.82) is 0 Å². The molecular weight excluding hydrogens is 319 g/mol. The summed E-state index contributed by atoms with van der Waals surface area (Å²) in [5.74, 6) is 1.99. The molecule has 1 aliphatic heterocycles. The van der Waals surface area contributed by atoms with E-state index in [1.165, 1.54) is 16.4 Å². The van der Waals surface area contributed by atoms with Crippen LogP contribution in [0, 0.1) is 0 Å². The fourth-order valence-corrected chi connectivity index (χ4v) is 4.90. The third kappa shape index (κ3) is 4.09. The van der Waals surface area contributed by atoms with E-state index in [1.54, 1.807) is 0 Å². The van der Waals surface area contributed by atoms with Crippen LogP contribution in [0.5, 0.6) is 11.5 Å². The van der Waals surface area contributed by atoms with Crippen LogP contribution < -0.4 is 9.47 Å². The van der Waals surface area contributed by atoms with Gasteiger partial charge in [0.05, 0.1) is 0 Å². The average molecular weight is 341 g/mol. The quantitative estimate of drug-likeness (QED) is 0.605. The van der Waals surface area contributed by atoms with Gasteiger partial charge >= 0.3 is 111 Å². The molecule has 0 saturated heterocycles. The van der Waals surface area contributed by atoms with Gasteiger partial charge in [-0.15, -0.1) is 0 Å². The fraction of sp³-hybridized carbons (Fsp3) is 0.571. The maximum absolute atomic E-state index is 5.78. The second-order valence-electron chi connectivity index (χ2n) is 5.11. The molecule has 0 aliphatic carbocycles. The molecule has 0 saturated carbocycles. The van der Waals surface area contributed by atoms with E-state index >= 15 is 0 Å². The Bertz CT molecular complexity index is 363. The first kappa shape index (κ1) is 13.1. The van der Waals surface area contributed by atoms with E-state index in [0.717, 1.165) is 37.6 Å². The van der Waals surface area contributed by atoms with Gasteiger partial charge in [-0.05, 0) is 0 Å². The molecule has 0 fully saturated rings. The normalized spacial score (nSPS) is 14.3. The number of ether oxygens (including phenoxy) is 2. The van der Waals surface area contributed by atoms with Crippen molar-refractivity contribution in [2.75, 3.05) is 13.2 Å². The second kappa shape index (κ2) is 6.52. The Morgan fingerprint density at radius 1 is 1.35 bits per heavy atom. The van der Waals surface area contributed by atoms with Gasteiger partial charge in [-0.25, -0.2) is 0 Å². The topological polar surface area (TPSA) is 18.5 Å². The predicted octanol–water partition coefficient (Wildman–Crippen LogP) is 3.27. The molecule has 0 unspecified atom stereocenters. The van der Waals surface area contributed by atoms with Crippen molar-refractivity contribution in [2.24, 2.45) is 0 Å². The first-order valence-corrected chi connectivity index (χ1v) is 15.6. The summed E-state index contributed by atoms with van der Waals surface area (Å²) in [6.45, 7) is 1.70. The molecule has 1 aromatic rings. The summed E-state index contributed by atoms with van der Waals surface area (Å²) in [6.07, 6.45) is 3.48. The Kier molecular flexibility index (Phi) is 5.01. The Morgan fingerprint density at radius 3 is 3.06 bits per heavy atom. The average Bonchev–Trinajstić information content (AvgIpc) is 2.34. The SMILES string of the molecule is [CH3][SnH]([CH3])[CH2]CCOc1ccc2c(c1)OCCC2. The van der Waals surface area contributed by atoms with Crippen LogP contribution in [0.3, 0.4) is 0 Å². The Morgan fingerprint density at radius 2 is 2.24 bits per heavy atom. The number of rotatable bonds is 5. The van der Waals surface area contributed by atoms with Crippen molar-refractivity contribution in [3.05, 3.63) is 23.8 Å². The van der Waals surface area contributed by atoms with E-state index < -0.39 is 19.8 Å². The zero-order valence-corrected chi connectivity index (χ0v) is 14.2. The molecule has 0 N–H and O–H groups in total. The zero-order chi connectivity index (χ0) is 12.1. The second-order valence-corrected chi connectivity index (χ2v) is 14.7.